The highest BCUT2D eigenvalue weighted by atomic mass is 16.5. The van der Waals surface area contributed by atoms with Crippen molar-refractivity contribution in [2.45, 2.75) is 46.5 Å². The monoisotopic (exact) mass is 216 g/mol. The highest BCUT2D eigenvalue weighted by Crippen LogP contribution is 1.91. The van der Waals surface area contributed by atoms with Gasteiger partial charge in [0.2, 0.25) is 0 Å². The number of ether oxygens (including phenoxy) is 1. The molecule has 0 aliphatic carbocycles. The lowest BCUT2D eigenvalue weighted by Crippen LogP contribution is -1.95. The maximum Gasteiger partial charge on any atom is 0.330 e. The molecule has 1 N–H and O–H groups in total. The summed E-state index contributed by atoms with van der Waals surface area (Å²) >= 11 is 0. The number of hydrogen-bond donors (Lipinski definition) is 1. The van der Waals surface area contributed by atoms with Gasteiger partial charge in [-0.2, -0.15) is 0 Å². The van der Waals surface area contributed by atoms with Gasteiger partial charge >= 0.3 is 5.97 Å². The van der Waals surface area contributed by atoms with Gasteiger partial charge in [-0.3, -0.25) is 0 Å². The molecule has 0 aromatic rings. The zero-order valence-corrected chi connectivity index (χ0v) is 10.2. The zero-order chi connectivity index (χ0) is 12.1. The van der Waals surface area contributed by atoms with Crippen molar-refractivity contribution < 1.29 is 14.6 Å². The van der Waals surface area contributed by atoms with Crippen molar-refractivity contribution in [3.63, 3.8) is 0 Å². The number of carbonyl (C=O) groups is 1. The molecule has 0 bridgehead atoms. The zero-order valence-electron chi connectivity index (χ0n) is 10.2. The SMILES string of the molecule is C=C(C)C(=O)O.CCCCOCCCC. The standard InChI is InChI=1S/C8H18O.C4H6O2/c1-3-5-7-9-8-6-4-2;1-3(2)4(5)6/h3-8H2,1-2H3;1H2,2H3,(H,5,6). The van der Waals surface area contributed by atoms with Crippen LogP contribution >= 0.6 is 0 Å². The van der Waals surface area contributed by atoms with E-state index in [0.29, 0.717) is 0 Å². The van der Waals surface area contributed by atoms with Gasteiger partial charge in [0, 0.05) is 18.8 Å². The fraction of sp³-hybridized carbons (Fsp3) is 0.750. The fourth-order valence-electron chi connectivity index (χ4n) is 0.595. The van der Waals surface area contributed by atoms with Gasteiger partial charge in [0.15, 0.2) is 0 Å². The molecule has 15 heavy (non-hydrogen) atoms. The van der Waals surface area contributed by atoms with E-state index in [1.165, 1.54) is 32.6 Å². The van der Waals surface area contributed by atoms with Crippen LogP contribution in [-0.4, -0.2) is 24.3 Å². The minimum atomic E-state index is -0.935. The van der Waals surface area contributed by atoms with Gasteiger partial charge in [0.25, 0.3) is 0 Å². The molecule has 0 spiro atoms. The first-order chi connectivity index (χ1) is 7.06. The maximum absolute atomic E-state index is 9.60. The average Bonchev–Trinajstić information content (AvgIpc) is 2.18. The second-order valence-electron chi connectivity index (χ2n) is 3.40. The predicted octanol–water partition coefficient (Wildman–Crippen LogP) is 3.25. The normalized spacial score (nSPS) is 9.00. The minimum Gasteiger partial charge on any atom is -0.478 e. The summed E-state index contributed by atoms with van der Waals surface area (Å²) in [5.41, 5.74) is 0.176. The van der Waals surface area contributed by atoms with Crippen LogP contribution in [0.15, 0.2) is 12.2 Å². The molecule has 3 nitrogen and oxygen atoms in total. The molecule has 0 atom stereocenters. The molecule has 0 saturated carbocycles. The van der Waals surface area contributed by atoms with Crippen LogP contribution in [0.25, 0.3) is 0 Å². The van der Waals surface area contributed by atoms with E-state index < -0.39 is 5.97 Å². The van der Waals surface area contributed by atoms with Crippen LogP contribution in [0.1, 0.15) is 46.5 Å². The molecule has 90 valence electrons. The first kappa shape index (κ1) is 16.6. The summed E-state index contributed by atoms with van der Waals surface area (Å²) in [6.45, 7) is 10.9. The molecule has 0 aliphatic heterocycles. The quantitative estimate of drug-likeness (QED) is 0.525. The van der Waals surface area contributed by atoms with Gasteiger partial charge in [-0.25, -0.2) is 4.79 Å². The lowest BCUT2D eigenvalue weighted by molar-refractivity contribution is -0.132. The summed E-state index contributed by atoms with van der Waals surface area (Å²) in [5, 5.41) is 7.89. The molecule has 0 aromatic heterocycles. The van der Waals surface area contributed by atoms with Gasteiger partial charge in [-0.05, 0) is 19.8 Å². The Labute approximate surface area is 93.1 Å². The molecule has 0 rings (SSSR count). The average molecular weight is 216 g/mol. The van der Waals surface area contributed by atoms with E-state index in [0.717, 1.165) is 13.2 Å². The van der Waals surface area contributed by atoms with E-state index in [-0.39, 0.29) is 5.57 Å². The third kappa shape index (κ3) is 19.5. The Morgan fingerprint density at radius 3 is 1.73 bits per heavy atom. The summed E-state index contributed by atoms with van der Waals surface area (Å²) in [6, 6.07) is 0. The first-order valence-electron chi connectivity index (χ1n) is 5.52. The van der Waals surface area contributed by atoms with Gasteiger partial charge in [0.1, 0.15) is 0 Å². The van der Waals surface area contributed by atoms with Crippen LogP contribution in [0, 0.1) is 0 Å². The molecular weight excluding hydrogens is 192 g/mol. The van der Waals surface area contributed by atoms with Gasteiger partial charge < -0.3 is 9.84 Å². The summed E-state index contributed by atoms with van der Waals surface area (Å²) in [7, 11) is 0. The van der Waals surface area contributed by atoms with Crippen molar-refractivity contribution in [2.75, 3.05) is 13.2 Å². The Bertz CT molecular complexity index is 146. The number of aliphatic carboxylic acids is 1. The minimum absolute atomic E-state index is 0.176. The lowest BCUT2D eigenvalue weighted by Gasteiger charge is -1.99. The van der Waals surface area contributed by atoms with E-state index >= 15 is 0 Å². The molecule has 0 heterocycles. The van der Waals surface area contributed by atoms with E-state index in [9.17, 15) is 4.79 Å². The van der Waals surface area contributed by atoms with Crippen molar-refractivity contribution >= 4 is 5.97 Å². The molecule has 0 saturated heterocycles. The topological polar surface area (TPSA) is 46.5 Å². The van der Waals surface area contributed by atoms with Crippen LogP contribution in [0.3, 0.4) is 0 Å². The van der Waals surface area contributed by atoms with Crippen LogP contribution < -0.4 is 0 Å². The van der Waals surface area contributed by atoms with E-state index in [1.807, 2.05) is 0 Å². The van der Waals surface area contributed by atoms with Gasteiger partial charge in [-0.1, -0.05) is 33.3 Å². The van der Waals surface area contributed by atoms with Gasteiger partial charge in [-0.15, -0.1) is 0 Å². The Hall–Kier alpha value is -0.830. The molecule has 0 radical (unpaired) electrons. The Kier molecular flexibility index (Phi) is 14.6. The molecule has 0 amide bonds. The van der Waals surface area contributed by atoms with E-state index in [1.54, 1.807) is 0 Å². The second-order valence-corrected chi connectivity index (χ2v) is 3.40. The third-order valence-electron chi connectivity index (χ3n) is 1.65. The number of hydrogen-bond acceptors (Lipinski definition) is 2. The second kappa shape index (κ2) is 13.2. The number of rotatable bonds is 7. The van der Waals surface area contributed by atoms with E-state index in [2.05, 4.69) is 20.4 Å². The van der Waals surface area contributed by atoms with Crippen molar-refractivity contribution in [1.29, 1.82) is 0 Å². The highest BCUT2D eigenvalue weighted by Gasteiger charge is 1.90. The van der Waals surface area contributed by atoms with Crippen molar-refractivity contribution in [3.8, 4) is 0 Å². The largest absolute Gasteiger partial charge is 0.478 e. The Morgan fingerprint density at radius 2 is 1.53 bits per heavy atom. The van der Waals surface area contributed by atoms with Crippen LogP contribution in [0.4, 0.5) is 0 Å². The first-order valence-corrected chi connectivity index (χ1v) is 5.52. The lowest BCUT2D eigenvalue weighted by atomic mass is 10.3. The van der Waals surface area contributed by atoms with Crippen LogP contribution in [-0.2, 0) is 9.53 Å². The fourth-order valence-corrected chi connectivity index (χ4v) is 0.595. The molecular formula is C12H24O3. The molecule has 0 unspecified atom stereocenters. The Balaban J connectivity index is 0. The summed E-state index contributed by atoms with van der Waals surface area (Å²) in [5.74, 6) is -0.935. The Morgan fingerprint density at radius 1 is 1.20 bits per heavy atom. The van der Waals surface area contributed by atoms with Crippen molar-refractivity contribution in [1.82, 2.24) is 0 Å². The number of unbranched alkanes of at least 4 members (excludes halogenated alkanes) is 2. The predicted molar refractivity (Wildman–Crippen MR) is 63.1 cm³/mol. The van der Waals surface area contributed by atoms with Gasteiger partial charge in [0.05, 0.1) is 0 Å². The summed E-state index contributed by atoms with van der Waals surface area (Å²) < 4.78 is 5.31. The molecule has 0 fully saturated rings. The summed E-state index contributed by atoms with van der Waals surface area (Å²) in [6.07, 6.45) is 4.91. The van der Waals surface area contributed by atoms with Crippen molar-refractivity contribution in [3.05, 3.63) is 12.2 Å². The smallest absolute Gasteiger partial charge is 0.330 e. The van der Waals surface area contributed by atoms with Crippen LogP contribution in [0.2, 0.25) is 0 Å². The number of carboxylic acids is 1. The molecule has 0 aromatic carbocycles. The third-order valence-corrected chi connectivity index (χ3v) is 1.65. The number of carboxylic acid groups (broad SMARTS) is 1. The molecule has 0 aliphatic rings. The highest BCUT2D eigenvalue weighted by molar-refractivity contribution is 5.84. The molecule has 3 heteroatoms. The maximum atomic E-state index is 9.60. The van der Waals surface area contributed by atoms with E-state index in [4.69, 9.17) is 9.84 Å². The summed E-state index contributed by atoms with van der Waals surface area (Å²) in [4.78, 5) is 9.60. The van der Waals surface area contributed by atoms with Crippen molar-refractivity contribution in [2.24, 2.45) is 0 Å². The van der Waals surface area contributed by atoms with Crippen LogP contribution in [0.5, 0.6) is 0 Å².